The second kappa shape index (κ2) is 6.67. The summed E-state index contributed by atoms with van der Waals surface area (Å²) >= 11 is 1.05. The molecule has 1 heterocycles. The van der Waals surface area contributed by atoms with E-state index >= 15 is 0 Å². The largest absolute Gasteiger partial charge is 0.355 e. The second-order valence-electron chi connectivity index (χ2n) is 5.98. The quantitative estimate of drug-likeness (QED) is 0.829. The summed E-state index contributed by atoms with van der Waals surface area (Å²) in [7, 11) is 1.57. The van der Waals surface area contributed by atoms with Gasteiger partial charge >= 0.3 is 0 Å². The fourth-order valence-corrected chi connectivity index (χ4v) is 4.82. The standard InChI is InChI=1S/C14H20ClNO3S2/c1-14(7-3-2-4-8-14)10-16-12(17)9-11-5-6-13(20-11)21(15,18)19/h5-6H,2-4,7-10H2,1H3,(H,16,17). The lowest BCUT2D eigenvalue weighted by atomic mass is 9.76. The van der Waals surface area contributed by atoms with Crippen LogP contribution in [0.4, 0.5) is 0 Å². The van der Waals surface area contributed by atoms with E-state index < -0.39 is 9.05 Å². The first-order valence-corrected chi connectivity index (χ1v) is 10.2. The van der Waals surface area contributed by atoms with Crippen LogP contribution in [-0.4, -0.2) is 20.9 Å². The fourth-order valence-electron chi connectivity index (χ4n) is 2.70. The van der Waals surface area contributed by atoms with Crippen molar-refractivity contribution in [2.45, 2.75) is 49.7 Å². The predicted molar refractivity (Wildman–Crippen MR) is 85.3 cm³/mol. The van der Waals surface area contributed by atoms with Gasteiger partial charge < -0.3 is 5.32 Å². The Bertz CT molecular complexity index is 603. The topological polar surface area (TPSA) is 63.2 Å². The molecule has 118 valence electrons. The third-order valence-corrected chi connectivity index (χ3v) is 7.16. The van der Waals surface area contributed by atoms with Crippen LogP contribution >= 0.6 is 22.0 Å². The van der Waals surface area contributed by atoms with E-state index in [1.807, 2.05) is 0 Å². The van der Waals surface area contributed by atoms with Gasteiger partial charge in [-0.25, -0.2) is 8.42 Å². The summed E-state index contributed by atoms with van der Waals surface area (Å²) in [5.74, 6) is -0.0674. The van der Waals surface area contributed by atoms with Gasteiger partial charge in [0.05, 0.1) is 6.42 Å². The van der Waals surface area contributed by atoms with Gasteiger partial charge in [0.2, 0.25) is 5.91 Å². The number of amides is 1. The molecular formula is C14H20ClNO3S2. The molecule has 2 rings (SSSR count). The Morgan fingerprint density at radius 2 is 2.00 bits per heavy atom. The molecule has 21 heavy (non-hydrogen) atoms. The van der Waals surface area contributed by atoms with Crippen LogP contribution in [0.3, 0.4) is 0 Å². The first-order chi connectivity index (χ1) is 9.78. The molecule has 7 heteroatoms. The molecule has 1 saturated carbocycles. The van der Waals surface area contributed by atoms with Crippen LogP contribution in [0, 0.1) is 5.41 Å². The van der Waals surface area contributed by atoms with Gasteiger partial charge in [-0.15, -0.1) is 11.3 Å². The first kappa shape index (κ1) is 16.8. The molecule has 1 aliphatic carbocycles. The van der Waals surface area contributed by atoms with Crippen molar-refractivity contribution in [1.82, 2.24) is 5.32 Å². The van der Waals surface area contributed by atoms with Crippen LogP contribution in [0.25, 0.3) is 0 Å². The van der Waals surface area contributed by atoms with Crippen LogP contribution in [0.5, 0.6) is 0 Å². The average Bonchev–Trinajstić information content (AvgIpc) is 2.86. The minimum Gasteiger partial charge on any atom is -0.355 e. The Kier molecular flexibility index (Phi) is 5.33. The van der Waals surface area contributed by atoms with E-state index in [2.05, 4.69) is 12.2 Å². The van der Waals surface area contributed by atoms with Gasteiger partial charge in [-0.2, -0.15) is 0 Å². The molecule has 0 aliphatic heterocycles. The van der Waals surface area contributed by atoms with Gasteiger partial charge in [-0.1, -0.05) is 26.2 Å². The van der Waals surface area contributed by atoms with Crippen molar-refractivity contribution >= 4 is 37.0 Å². The van der Waals surface area contributed by atoms with E-state index in [-0.39, 0.29) is 22.0 Å². The molecule has 1 aliphatic rings. The highest BCUT2D eigenvalue weighted by molar-refractivity contribution is 8.15. The molecule has 0 saturated heterocycles. The van der Waals surface area contributed by atoms with E-state index in [9.17, 15) is 13.2 Å². The third-order valence-electron chi connectivity index (χ3n) is 3.99. The number of halogens is 1. The highest BCUT2D eigenvalue weighted by Gasteiger charge is 2.27. The molecule has 4 nitrogen and oxygen atoms in total. The summed E-state index contributed by atoms with van der Waals surface area (Å²) < 4.78 is 22.5. The van der Waals surface area contributed by atoms with E-state index in [1.54, 1.807) is 6.07 Å². The predicted octanol–water partition coefficient (Wildman–Crippen LogP) is 3.30. The van der Waals surface area contributed by atoms with Crippen LogP contribution in [0.2, 0.25) is 0 Å². The normalized spacial score (nSPS) is 18.4. The Morgan fingerprint density at radius 3 is 2.57 bits per heavy atom. The Hall–Kier alpha value is -0.590. The first-order valence-electron chi connectivity index (χ1n) is 7.09. The van der Waals surface area contributed by atoms with E-state index in [0.717, 1.165) is 24.2 Å². The second-order valence-corrected chi connectivity index (χ2v) is 9.94. The summed E-state index contributed by atoms with van der Waals surface area (Å²) in [6, 6.07) is 3.08. The summed E-state index contributed by atoms with van der Waals surface area (Å²) in [6.07, 6.45) is 6.26. The molecule has 1 aromatic heterocycles. The van der Waals surface area contributed by atoms with E-state index in [0.29, 0.717) is 11.4 Å². The molecule has 1 amide bonds. The molecule has 0 unspecified atom stereocenters. The lowest BCUT2D eigenvalue weighted by molar-refractivity contribution is -0.121. The zero-order valence-electron chi connectivity index (χ0n) is 12.0. The number of carbonyl (C=O) groups is 1. The fraction of sp³-hybridized carbons (Fsp3) is 0.643. The smallest absolute Gasteiger partial charge is 0.270 e. The van der Waals surface area contributed by atoms with Gasteiger partial charge in [0, 0.05) is 22.1 Å². The molecule has 0 radical (unpaired) electrons. The number of carbonyl (C=O) groups excluding carboxylic acids is 1. The third kappa shape index (κ3) is 4.97. The van der Waals surface area contributed by atoms with Crippen molar-refractivity contribution in [2.75, 3.05) is 6.54 Å². The molecular weight excluding hydrogens is 330 g/mol. The minimum absolute atomic E-state index is 0.0674. The average molecular weight is 350 g/mol. The highest BCUT2D eigenvalue weighted by Crippen LogP contribution is 2.35. The Balaban J connectivity index is 1.86. The van der Waals surface area contributed by atoms with Crippen molar-refractivity contribution in [3.63, 3.8) is 0 Å². The number of hydrogen-bond acceptors (Lipinski definition) is 4. The lowest BCUT2D eigenvalue weighted by Crippen LogP contribution is -2.37. The highest BCUT2D eigenvalue weighted by atomic mass is 35.7. The maximum Gasteiger partial charge on any atom is 0.270 e. The monoisotopic (exact) mass is 349 g/mol. The van der Waals surface area contributed by atoms with Crippen molar-refractivity contribution < 1.29 is 13.2 Å². The minimum atomic E-state index is -3.70. The Labute approximate surface area is 134 Å². The molecule has 1 N–H and O–H groups in total. The van der Waals surface area contributed by atoms with Crippen LogP contribution in [0.15, 0.2) is 16.3 Å². The van der Waals surface area contributed by atoms with Gasteiger partial charge in [0.25, 0.3) is 9.05 Å². The number of nitrogens with one attached hydrogen (secondary N) is 1. The summed E-state index contributed by atoms with van der Waals surface area (Å²) in [5.41, 5.74) is 0.202. The summed E-state index contributed by atoms with van der Waals surface area (Å²) in [5, 5.41) is 2.97. The number of thiophene rings is 1. The molecule has 0 aromatic carbocycles. The van der Waals surface area contributed by atoms with Crippen LogP contribution < -0.4 is 5.32 Å². The maximum atomic E-state index is 12.0. The van der Waals surface area contributed by atoms with Crippen molar-refractivity contribution in [1.29, 1.82) is 0 Å². The maximum absolute atomic E-state index is 12.0. The summed E-state index contributed by atoms with van der Waals surface area (Å²) in [4.78, 5) is 12.7. The SMILES string of the molecule is CC1(CNC(=O)Cc2ccc(S(=O)(=O)Cl)s2)CCCCC1. The summed E-state index contributed by atoms with van der Waals surface area (Å²) in [6.45, 7) is 2.91. The number of rotatable bonds is 5. The van der Waals surface area contributed by atoms with E-state index in [4.69, 9.17) is 10.7 Å². The van der Waals surface area contributed by atoms with Gasteiger partial charge in [0.1, 0.15) is 4.21 Å². The van der Waals surface area contributed by atoms with Crippen molar-refractivity contribution in [3.05, 3.63) is 17.0 Å². The lowest BCUT2D eigenvalue weighted by Gasteiger charge is -2.33. The number of hydrogen-bond donors (Lipinski definition) is 1. The Morgan fingerprint density at radius 1 is 1.33 bits per heavy atom. The molecule has 1 fully saturated rings. The van der Waals surface area contributed by atoms with Crippen molar-refractivity contribution in [2.24, 2.45) is 5.41 Å². The van der Waals surface area contributed by atoms with Gasteiger partial charge in [-0.05, 0) is 30.4 Å². The van der Waals surface area contributed by atoms with Gasteiger partial charge in [0.15, 0.2) is 0 Å². The van der Waals surface area contributed by atoms with Crippen LogP contribution in [-0.2, 0) is 20.3 Å². The molecule has 1 aromatic rings. The van der Waals surface area contributed by atoms with Crippen molar-refractivity contribution in [3.8, 4) is 0 Å². The molecule has 0 atom stereocenters. The zero-order chi connectivity index (χ0) is 15.5. The van der Waals surface area contributed by atoms with E-state index in [1.165, 1.54) is 25.3 Å². The van der Waals surface area contributed by atoms with Crippen LogP contribution in [0.1, 0.15) is 43.9 Å². The van der Waals surface area contributed by atoms with Gasteiger partial charge in [-0.3, -0.25) is 4.79 Å². The molecule has 0 bridgehead atoms. The zero-order valence-corrected chi connectivity index (χ0v) is 14.4. The molecule has 0 spiro atoms.